The zero-order valence-corrected chi connectivity index (χ0v) is 18.4. The Bertz CT molecular complexity index is 752. The lowest BCUT2D eigenvalue weighted by atomic mass is 10.0. The number of carbonyl (C=O) groups excluding carboxylic acids is 1. The Morgan fingerprint density at radius 1 is 1.11 bits per heavy atom. The Kier molecular flexibility index (Phi) is 7.67. The van der Waals surface area contributed by atoms with Crippen molar-refractivity contribution in [3.05, 3.63) is 35.9 Å². The number of hydrogen-bond acceptors (Lipinski definition) is 4. The van der Waals surface area contributed by atoms with Gasteiger partial charge in [-0.25, -0.2) is 0 Å². The first kappa shape index (κ1) is 22.0. The van der Waals surface area contributed by atoms with E-state index in [2.05, 4.69) is 51.6 Å². The lowest BCUT2D eigenvalue weighted by Gasteiger charge is -2.30. The number of benzene rings is 1. The predicted octanol–water partition coefficient (Wildman–Crippen LogP) is 5.36. The normalized spacial score (nSPS) is 12.5. The van der Waals surface area contributed by atoms with E-state index in [1.165, 1.54) is 0 Å². The third-order valence-electron chi connectivity index (χ3n) is 5.26. The maximum Gasteiger partial charge on any atom is 0.232 e. The van der Waals surface area contributed by atoms with Crippen molar-refractivity contribution in [3.63, 3.8) is 0 Å². The van der Waals surface area contributed by atoms with Gasteiger partial charge in [0.15, 0.2) is 0 Å². The molecule has 0 aliphatic rings. The van der Waals surface area contributed by atoms with Crippen LogP contribution in [0.4, 0.5) is 5.88 Å². The van der Waals surface area contributed by atoms with E-state index >= 15 is 0 Å². The highest BCUT2D eigenvalue weighted by Crippen LogP contribution is 2.33. The Balaban J connectivity index is 2.50. The van der Waals surface area contributed by atoms with E-state index in [1.54, 1.807) is 0 Å². The number of anilines is 1. The quantitative estimate of drug-likeness (QED) is 0.583. The van der Waals surface area contributed by atoms with Crippen LogP contribution in [0.25, 0.3) is 11.3 Å². The zero-order valence-electron chi connectivity index (χ0n) is 18.4. The summed E-state index contributed by atoms with van der Waals surface area (Å²) in [6, 6.07) is 10.5. The molecule has 1 atom stereocenters. The van der Waals surface area contributed by atoms with Gasteiger partial charge in [0.1, 0.15) is 5.69 Å². The molecule has 0 aliphatic heterocycles. The molecule has 0 fully saturated rings. The third kappa shape index (κ3) is 5.15. The van der Waals surface area contributed by atoms with Crippen molar-refractivity contribution in [2.45, 2.75) is 73.0 Å². The Labute approximate surface area is 169 Å². The summed E-state index contributed by atoms with van der Waals surface area (Å²) in [5.74, 6) is 1.25. The summed E-state index contributed by atoms with van der Waals surface area (Å²) >= 11 is 0. The van der Waals surface area contributed by atoms with Gasteiger partial charge in [-0.3, -0.25) is 4.79 Å². The summed E-state index contributed by atoms with van der Waals surface area (Å²) in [6.45, 7) is 13.1. The van der Waals surface area contributed by atoms with Crippen LogP contribution in [-0.2, 0) is 11.3 Å². The molecule has 1 aromatic carbocycles. The van der Waals surface area contributed by atoms with Crippen LogP contribution in [0.1, 0.15) is 59.9 Å². The second-order valence-corrected chi connectivity index (χ2v) is 8.26. The van der Waals surface area contributed by atoms with Crippen molar-refractivity contribution >= 4 is 11.8 Å². The minimum Gasteiger partial charge on any atom is -0.341 e. The summed E-state index contributed by atoms with van der Waals surface area (Å²) < 4.78 is 5.79. The summed E-state index contributed by atoms with van der Waals surface area (Å²) in [5.41, 5.74) is 2.79. The van der Waals surface area contributed by atoms with E-state index in [1.807, 2.05) is 42.3 Å². The molecule has 0 aliphatic carbocycles. The molecule has 2 rings (SSSR count). The zero-order chi connectivity index (χ0) is 20.8. The molecule has 0 N–H and O–H groups in total. The summed E-state index contributed by atoms with van der Waals surface area (Å²) in [5, 5.41) is 4.39. The fraction of sp³-hybridized carbons (Fsp3) is 0.565. The van der Waals surface area contributed by atoms with Crippen LogP contribution >= 0.6 is 0 Å². The van der Waals surface area contributed by atoms with Crippen molar-refractivity contribution in [1.29, 1.82) is 0 Å². The van der Waals surface area contributed by atoms with E-state index < -0.39 is 0 Å². The molecule has 1 heterocycles. The average Bonchev–Trinajstić information content (AvgIpc) is 3.08. The van der Waals surface area contributed by atoms with E-state index in [9.17, 15) is 4.79 Å². The van der Waals surface area contributed by atoms with Gasteiger partial charge in [-0.05, 0) is 33.1 Å². The fourth-order valence-electron chi connectivity index (χ4n) is 3.12. The van der Waals surface area contributed by atoms with Gasteiger partial charge in [0.05, 0.1) is 12.1 Å². The van der Waals surface area contributed by atoms with Crippen LogP contribution < -0.4 is 4.90 Å². The highest BCUT2D eigenvalue weighted by atomic mass is 16.5. The van der Waals surface area contributed by atoms with E-state index in [0.29, 0.717) is 18.9 Å². The van der Waals surface area contributed by atoms with E-state index in [4.69, 9.17) is 4.52 Å². The second kappa shape index (κ2) is 9.76. The van der Waals surface area contributed by atoms with Gasteiger partial charge in [-0.15, -0.1) is 0 Å². The molecule has 0 radical (unpaired) electrons. The monoisotopic (exact) mass is 385 g/mol. The van der Waals surface area contributed by atoms with Crippen LogP contribution in [0.15, 0.2) is 34.9 Å². The molecule has 1 aromatic heterocycles. The smallest absolute Gasteiger partial charge is 0.232 e. The number of amides is 1. The number of rotatable bonds is 9. The Hall–Kier alpha value is -2.30. The van der Waals surface area contributed by atoms with Crippen molar-refractivity contribution in [3.8, 4) is 11.3 Å². The molecular weight excluding hydrogens is 350 g/mol. The van der Waals surface area contributed by atoms with Gasteiger partial charge in [0.2, 0.25) is 11.8 Å². The van der Waals surface area contributed by atoms with Crippen molar-refractivity contribution in [2.24, 2.45) is 5.92 Å². The van der Waals surface area contributed by atoms with Gasteiger partial charge in [-0.1, -0.05) is 56.3 Å². The van der Waals surface area contributed by atoms with E-state index in [0.717, 1.165) is 29.1 Å². The molecule has 0 spiro atoms. The second-order valence-electron chi connectivity index (χ2n) is 8.26. The molecule has 28 heavy (non-hydrogen) atoms. The van der Waals surface area contributed by atoms with Crippen LogP contribution in [0.3, 0.4) is 0 Å². The van der Waals surface area contributed by atoms with Crippen molar-refractivity contribution < 1.29 is 9.32 Å². The van der Waals surface area contributed by atoms with Gasteiger partial charge < -0.3 is 14.3 Å². The predicted molar refractivity (Wildman–Crippen MR) is 115 cm³/mol. The van der Waals surface area contributed by atoms with Crippen LogP contribution in [0.2, 0.25) is 0 Å². The lowest BCUT2D eigenvalue weighted by Crippen LogP contribution is -2.39. The first-order valence-electron chi connectivity index (χ1n) is 10.3. The number of hydrogen-bond donors (Lipinski definition) is 0. The SMILES string of the molecule is CC[C@H](C)N(Cc1c(-c2ccccc2)noc1N(C)C(C)C)C(=O)CC(C)C. The summed E-state index contributed by atoms with van der Waals surface area (Å²) in [6.07, 6.45) is 1.46. The third-order valence-corrected chi connectivity index (χ3v) is 5.26. The molecule has 5 heteroatoms. The lowest BCUT2D eigenvalue weighted by molar-refractivity contribution is -0.134. The molecule has 0 bridgehead atoms. The molecular formula is C23H35N3O2. The first-order valence-corrected chi connectivity index (χ1v) is 10.3. The van der Waals surface area contributed by atoms with E-state index in [-0.39, 0.29) is 18.0 Å². The summed E-state index contributed by atoms with van der Waals surface area (Å²) in [7, 11) is 2.01. The number of carbonyl (C=O) groups is 1. The van der Waals surface area contributed by atoms with Crippen LogP contribution in [0.5, 0.6) is 0 Å². The minimum atomic E-state index is 0.155. The Morgan fingerprint density at radius 2 is 1.75 bits per heavy atom. The largest absolute Gasteiger partial charge is 0.341 e. The van der Waals surface area contributed by atoms with Crippen LogP contribution in [0, 0.1) is 5.92 Å². The molecule has 0 unspecified atom stereocenters. The first-order chi connectivity index (χ1) is 13.3. The van der Waals surface area contributed by atoms with Gasteiger partial charge in [0.25, 0.3) is 0 Å². The standard InChI is InChI=1S/C23H35N3O2/c1-8-18(6)26(21(27)14-16(2)3)15-20-22(19-12-10-9-11-13-19)24-28-23(20)25(7)17(4)5/h9-13,16-18H,8,14-15H2,1-7H3/t18-/m0/s1. The Morgan fingerprint density at radius 3 is 2.29 bits per heavy atom. The molecule has 154 valence electrons. The number of aromatic nitrogens is 1. The van der Waals surface area contributed by atoms with Crippen molar-refractivity contribution in [2.75, 3.05) is 11.9 Å². The molecule has 1 amide bonds. The molecule has 2 aromatic rings. The average molecular weight is 386 g/mol. The van der Waals surface area contributed by atoms with Gasteiger partial charge in [0, 0.05) is 31.1 Å². The molecule has 0 saturated carbocycles. The van der Waals surface area contributed by atoms with Crippen molar-refractivity contribution in [1.82, 2.24) is 10.1 Å². The summed E-state index contributed by atoms with van der Waals surface area (Å²) in [4.78, 5) is 17.1. The fourth-order valence-corrected chi connectivity index (χ4v) is 3.12. The maximum absolute atomic E-state index is 13.0. The highest BCUT2D eigenvalue weighted by Gasteiger charge is 2.27. The number of nitrogens with zero attached hydrogens (tertiary/aromatic N) is 3. The maximum atomic E-state index is 13.0. The minimum absolute atomic E-state index is 0.155. The highest BCUT2D eigenvalue weighted by molar-refractivity contribution is 5.78. The van der Waals surface area contributed by atoms with Gasteiger partial charge >= 0.3 is 0 Å². The topological polar surface area (TPSA) is 49.6 Å². The molecule has 0 saturated heterocycles. The van der Waals surface area contributed by atoms with Crippen LogP contribution in [-0.4, -0.2) is 35.1 Å². The molecule has 5 nitrogen and oxygen atoms in total. The van der Waals surface area contributed by atoms with Gasteiger partial charge in [-0.2, -0.15) is 0 Å².